The van der Waals surface area contributed by atoms with Crippen LogP contribution in [0.2, 0.25) is 0 Å². The molecular formula is C24H25F3N4O3. The van der Waals surface area contributed by atoms with Crippen molar-refractivity contribution in [2.45, 2.75) is 12.6 Å². The highest BCUT2D eigenvalue weighted by molar-refractivity contribution is 5.94. The molecule has 0 atom stereocenters. The van der Waals surface area contributed by atoms with Gasteiger partial charge in [-0.2, -0.15) is 18.3 Å². The summed E-state index contributed by atoms with van der Waals surface area (Å²) in [5.74, 6) is -0.615. The van der Waals surface area contributed by atoms with E-state index in [1.807, 2.05) is 4.90 Å². The van der Waals surface area contributed by atoms with Crippen LogP contribution in [0.4, 0.5) is 13.2 Å². The van der Waals surface area contributed by atoms with Crippen molar-refractivity contribution in [2.24, 2.45) is 5.10 Å². The molecule has 10 heteroatoms. The predicted molar refractivity (Wildman–Crippen MR) is 122 cm³/mol. The third kappa shape index (κ3) is 6.44. The minimum Gasteiger partial charge on any atom is -0.507 e. The van der Waals surface area contributed by atoms with Crippen LogP contribution in [0, 0.1) is 0 Å². The zero-order valence-electron chi connectivity index (χ0n) is 18.4. The first-order chi connectivity index (χ1) is 16.2. The molecule has 1 saturated heterocycles. The zero-order valence-corrected chi connectivity index (χ0v) is 18.4. The van der Waals surface area contributed by atoms with E-state index >= 15 is 0 Å². The summed E-state index contributed by atoms with van der Waals surface area (Å²) < 4.78 is 38.1. The van der Waals surface area contributed by atoms with Crippen LogP contribution in [0.5, 0.6) is 5.75 Å². The molecule has 3 rings (SSSR count). The van der Waals surface area contributed by atoms with Crippen LogP contribution in [-0.4, -0.2) is 65.7 Å². The quantitative estimate of drug-likeness (QED) is 0.367. The number of para-hydroxylation sites is 1. The Hall–Kier alpha value is -3.66. The van der Waals surface area contributed by atoms with Crippen LogP contribution in [-0.2, 0) is 17.4 Å². The molecule has 0 radical (unpaired) electrons. The van der Waals surface area contributed by atoms with E-state index in [1.54, 1.807) is 29.2 Å². The first-order valence-corrected chi connectivity index (χ1v) is 10.6. The predicted octanol–water partition coefficient (Wildman–Crippen LogP) is 3.05. The molecule has 0 unspecified atom stereocenters. The number of amides is 2. The van der Waals surface area contributed by atoms with Gasteiger partial charge >= 0.3 is 6.18 Å². The number of carbonyl (C=O) groups is 2. The van der Waals surface area contributed by atoms with Crippen molar-refractivity contribution in [1.82, 2.24) is 15.2 Å². The number of rotatable bonds is 7. The minimum absolute atomic E-state index is 0.0716. The van der Waals surface area contributed by atoms with Gasteiger partial charge in [0.15, 0.2) is 0 Å². The number of halogens is 3. The van der Waals surface area contributed by atoms with Crippen molar-refractivity contribution in [3.05, 3.63) is 77.4 Å². The molecule has 180 valence electrons. The number of phenolic OH excluding ortho intramolecular Hbond substituents is 1. The molecule has 0 bridgehead atoms. The monoisotopic (exact) mass is 474 g/mol. The Kier molecular flexibility index (Phi) is 8.06. The Labute approximate surface area is 195 Å². The Bertz CT molecular complexity index is 1060. The van der Waals surface area contributed by atoms with Gasteiger partial charge in [-0.1, -0.05) is 18.2 Å². The van der Waals surface area contributed by atoms with Gasteiger partial charge in [-0.15, -0.1) is 6.58 Å². The Morgan fingerprint density at radius 1 is 1.09 bits per heavy atom. The van der Waals surface area contributed by atoms with Crippen LogP contribution in [0.25, 0.3) is 0 Å². The second-order valence-corrected chi connectivity index (χ2v) is 7.78. The summed E-state index contributed by atoms with van der Waals surface area (Å²) >= 11 is 0. The standard InChI is InChI=1S/C24H25F3N4O3/c1-2-4-17-5-3-6-19(22(17)33)15-28-29-21(32)16-30-11-13-31(14-12-30)23(34)18-7-9-20(10-8-18)24(25,26)27/h2-3,5-10,15,33H,1,4,11-14,16H2,(H,29,32)/b28-15+. The maximum atomic E-state index is 12.7. The molecule has 1 aliphatic rings. The van der Waals surface area contributed by atoms with Gasteiger partial charge in [0.05, 0.1) is 18.3 Å². The normalized spacial score (nSPS) is 14.9. The number of benzene rings is 2. The smallest absolute Gasteiger partial charge is 0.416 e. The Balaban J connectivity index is 1.46. The molecule has 1 aliphatic heterocycles. The second kappa shape index (κ2) is 11.0. The molecule has 2 aromatic rings. The van der Waals surface area contributed by atoms with Crippen molar-refractivity contribution in [3.8, 4) is 5.75 Å². The SMILES string of the molecule is C=CCc1cccc(/C=N/NC(=O)CN2CCN(C(=O)c3ccc(C(F)(F)F)cc3)CC2)c1O. The summed E-state index contributed by atoms with van der Waals surface area (Å²) in [5, 5.41) is 14.1. The highest BCUT2D eigenvalue weighted by Crippen LogP contribution is 2.29. The van der Waals surface area contributed by atoms with Gasteiger partial charge < -0.3 is 10.0 Å². The number of nitrogens with one attached hydrogen (secondary N) is 1. The van der Waals surface area contributed by atoms with E-state index in [4.69, 9.17) is 0 Å². The van der Waals surface area contributed by atoms with Gasteiger partial charge in [0.2, 0.25) is 0 Å². The Morgan fingerprint density at radius 2 is 1.76 bits per heavy atom. The maximum absolute atomic E-state index is 12.7. The van der Waals surface area contributed by atoms with Crippen molar-refractivity contribution < 1.29 is 27.9 Å². The first-order valence-electron chi connectivity index (χ1n) is 10.6. The lowest BCUT2D eigenvalue weighted by Crippen LogP contribution is -2.50. The van der Waals surface area contributed by atoms with Crippen LogP contribution in [0.15, 0.2) is 60.2 Å². The van der Waals surface area contributed by atoms with E-state index in [0.717, 1.165) is 12.1 Å². The number of carbonyl (C=O) groups excluding carboxylic acids is 2. The van der Waals surface area contributed by atoms with E-state index < -0.39 is 11.7 Å². The van der Waals surface area contributed by atoms with Crippen LogP contribution < -0.4 is 5.43 Å². The molecule has 0 aliphatic carbocycles. The molecule has 1 heterocycles. The van der Waals surface area contributed by atoms with Crippen molar-refractivity contribution >= 4 is 18.0 Å². The summed E-state index contributed by atoms with van der Waals surface area (Å²) in [6.45, 7) is 5.29. The summed E-state index contributed by atoms with van der Waals surface area (Å²) in [6, 6.07) is 9.35. The molecule has 0 saturated carbocycles. The van der Waals surface area contributed by atoms with Gasteiger partial charge in [-0.05, 0) is 42.3 Å². The van der Waals surface area contributed by atoms with E-state index in [2.05, 4.69) is 17.1 Å². The number of phenols is 1. The number of piperazine rings is 1. The third-order valence-electron chi connectivity index (χ3n) is 5.39. The van der Waals surface area contributed by atoms with Gasteiger partial charge in [0.1, 0.15) is 5.75 Å². The Morgan fingerprint density at radius 3 is 2.38 bits per heavy atom. The molecule has 0 spiro atoms. The van der Waals surface area contributed by atoms with E-state index in [9.17, 15) is 27.9 Å². The lowest BCUT2D eigenvalue weighted by atomic mass is 10.1. The summed E-state index contributed by atoms with van der Waals surface area (Å²) in [5.41, 5.74) is 2.98. The highest BCUT2D eigenvalue weighted by atomic mass is 19.4. The molecular weight excluding hydrogens is 449 g/mol. The van der Waals surface area contributed by atoms with E-state index in [-0.39, 0.29) is 29.7 Å². The zero-order chi connectivity index (χ0) is 24.7. The molecule has 2 amide bonds. The molecule has 2 N–H and O–H groups in total. The topological polar surface area (TPSA) is 85.2 Å². The van der Waals surface area contributed by atoms with Gasteiger partial charge in [-0.25, -0.2) is 5.43 Å². The summed E-state index contributed by atoms with van der Waals surface area (Å²) in [6.07, 6.45) is -0.907. The maximum Gasteiger partial charge on any atom is 0.416 e. The van der Waals surface area contributed by atoms with Crippen LogP contribution in [0.3, 0.4) is 0 Å². The number of nitrogens with zero attached hydrogens (tertiary/aromatic N) is 3. The second-order valence-electron chi connectivity index (χ2n) is 7.78. The lowest BCUT2D eigenvalue weighted by molar-refractivity contribution is -0.137. The lowest BCUT2D eigenvalue weighted by Gasteiger charge is -2.34. The van der Waals surface area contributed by atoms with Gasteiger partial charge in [0.25, 0.3) is 11.8 Å². The van der Waals surface area contributed by atoms with E-state index in [1.165, 1.54) is 18.3 Å². The number of aromatic hydroxyl groups is 1. The molecule has 7 nitrogen and oxygen atoms in total. The van der Waals surface area contributed by atoms with Crippen molar-refractivity contribution in [3.63, 3.8) is 0 Å². The van der Waals surface area contributed by atoms with E-state index in [0.29, 0.717) is 43.7 Å². The average molecular weight is 474 g/mol. The fourth-order valence-electron chi connectivity index (χ4n) is 3.54. The number of hydrogen-bond acceptors (Lipinski definition) is 5. The molecule has 34 heavy (non-hydrogen) atoms. The van der Waals surface area contributed by atoms with Gasteiger partial charge in [-0.3, -0.25) is 14.5 Å². The summed E-state index contributed by atoms with van der Waals surface area (Å²) in [4.78, 5) is 28.2. The number of alkyl halides is 3. The third-order valence-corrected chi connectivity index (χ3v) is 5.39. The average Bonchev–Trinajstić information content (AvgIpc) is 2.81. The fraction of sp³-hybridized carbons (Fsp3) is 0.292. The number of allylic oxidation sites excluding steroid dienone is 1. The number of hydrogen-bond donors (Lipinski definition) is 2. The molecule has 2 aromatic carbocycles. The molecule has 1 fully saturated rings. The fourth-order valence-corrected chi connectivity index (χ4v) is 3.54. The molecule has 0 aromatic heterocycles. The van der Waals surface area contributed by atoms with Crippen LogP contribution >= 0.6 is 0 Å². The van der Waals surface area contributed by atoms with Gasteiger partial charge in [0, 0.05) is 37.3 Å². The van der Waals surface area contributed by atoms with Crippen LogP contribution in [0.1, 0.15) is 27.0 Å². The van der Waals surface area contributed by atoms with Crippen molar-refractivity contribution in [1.29, 1.82) is 0 Å². The van der Waals surface area contributed by atoms with Crippen molar-refractivity contribution in [2.75, 3.05) is 32.7 Å². The number of hydrazone groups is 1. The first kappa shape index (κ1) is 25.0. The highest BCUT2D eigenvalue weighted by Gasteiger charge is 2.30. The minimum atomic E-state index is -4.45. The largest absolute Gasteiger partial charge is 0.507 e. The summed E-state index contributed by atoms with van der Waals surface area (Å²) in [7, 11) is 0.